The minimum absolute atomic E-state index is 0.0206. The van der Waals surface area contributed by atoms with E-state index in [0.717, 1.165) is 19.3 Å². The standard InChI is InChI=1S/C54H106O27/c1-2-3-4-5-6-7-8-52(58)79-43-39-71-29-25-63-16-15-62-23-27-69-37-41-77-50(45-76-49-75-36-33-68-22-19-60-12-11-59-10-9-55)54-53(80-44-40-72-30-26-64-14-13-61-17-20-66-31-34-73-47-56)51(46-81-54)78-42-38-70-28-24-65-18-21-67-32-35-74-48-57/h50-51,53-57H,2-49H2,1H3. The zero-order chi connectivity index (χ0) is 58.1. The van der Waals surface area contributed by atoms with Crippen LogP contribution in [-0.4, -0.2) is 317 Å². The molecule has 0 saturated carbocycles. The van der Waals surface area contributed by atoms with Crippen molar-refractivity contribution in [1.82, 2.24) is 0 Å². The van der Waals surface area contributed by atoms with Crippen LogP contribution in [0, 0.1) is 0 Å². The fraction of sp³-hybridized carbons (Fsp3) is 0.981. The van der Waals surface area contributed by atoms with Crippen LogP contribution < -0.4 is 0 Å². The first-order chi connectivity index (χ1) is 40.2. The first-order valence-electron chi connectivity index (χ1n) is 29.0. The molecule has 0 aliphatic carbocycles. The molecule has 0 bridgehead atoms. The third-order valence-electron chi connectivity index (χ3n) is 11.1. The summed E-state index contributed by atoms with van der Waals surface area (Å²) in [6.45, 7) is 14.1. The van der Waals surface area contributed by atoms with Crippen LogP contribution in [0.15, 0.2) is 0 Å². The van der Waals surface area contributed by atoms with Crippen molar-refractivity contribution in [3.05, 3.63) is 0 Å². The maximum absolute atomic E-state index is 11.9. The lowest BCUT2D eigenvalue weighted by Gasteiger charge is -2.29. The molecule has 27 heteroatoms. The van der Waals surface area contributed by atoms with Crippen molar-refractivity contribution in [2.45, 2.75) is 76.3 Å². The molecule has 4 atom stereocenters. The molecule has 3 N–H and O–H groups in total. The molecule has 0 aromatic rings. The van der Waals surface area contributed by atoms with E-state index in [1.807, 2.05) is 0 Å². The number of esters is 1. The lowest BCUT2D eigenvalue weighted by molar-refractivity contribution is -0.157. The zero-order valence-corrected chi connectivity index (χ0v) is 48.9. The van der Waals surface area contributed by atoms with E-state index in [2.05, 4.69) is 6.92 Å². The molecular weight excluding hydrogens is 1080 g/mol. The summed E-state index contributed by atoms with van der Waals surface area (Å²) in [6, 6.07) is 0. The summed E-state index contributed by atoms with van der Waals surface area (Å²) in [5.41, 5.74) is 0. The van der Waals surface area contributed by atoms with Crippen molar-refractivity contribution in [1.29, 1.82) is 0 Å². The van der Waals surface area contributed by atoms with Gasteiger partial charge in [0.15, 0.2) is 0 Å². The Kier molecular flexibility index (Phi) is 63.1. The number of aliphatic hydroxyl groups is 3. The van der Waals surface area contributed by atoms with Gasteiger partial charge in [-0.25, -0.2) is 0 Å². The van der Waals surface area contributed by atoms with Crippen LogP contribution in [0.25, 0.3) is 0 Å². The fourth-order valence-corrected chi connectivity index (χ4v) is 7.04. The Morgan fingerprint density at radius 1 is 0.395 bits per heavy atom. The average molecular weight is 1190 g/mol. The minimum Gasteiger partial charge on any atom is -0.463 e. The SMILES string of the molecule is CCCCCCCCC(=O)OCCOCCOCCOCCOCCOC(COCOCCOCCOCCOCCO)C1OCC(OCCOCCOCCOCCOCO)C1OCCOCCOCCOCCOCCOCO. The van der Waals surface area contributed by atoms with Crippen molar-refractivity contribution in [2.75, 3.05) is 271 Å². The van der Waals surface area contributed by atoms with Gasteiger partial charge in [-0.3, -0.25) is 4.79 Å². The van der Waals surface area contributed by atoms with Gasteiger partial charge in [-0.2, -0.15) is 0 Å². The van der Waals surface area contributed by atoms with Crippen molar-refractivity contribution in [2.24, 2.45) is 0 Å². The molecule has 27 nitrogen and oxygen atoms in total. The third-order valence-corrected chi connectivity index (χ3v) is 11.1. The number of hydrogen-bond donors (Lipinski definition) is 3. The highest BCUT2D eigenvalue weighted by Crippen LogP contribution is 2.25. The summed E-state index contributed by atoms with van der Waals surface area (Å²) in [4.78, 5) is 11.9. The van der Waals surface area contributed by atoms with E-state index >= 15 is 0 Å². The summed E-state index contributed by atoms with van der Waals surface area (Å²) in [5, 5.41) is 26.1. The lowest BCUT2D eigenvalue weighted by atomic mass is 10.1. The van der Waals surface area contributed by atoms with Crippen molar-refractivity contribution < 1.29 is 129 Å². The quantitative estimate of drug-likeness (QED) is 0.0435. The van der Waals surface area contributed by atoms with Crippen LogP contribution in [0.1, 0.15) is 51.9 Å². The molecular formula is C54H106O27. The molecule has 1 aliphatic heterocycles. The van der Waals surface area contributed by atoms with Gasteiger partial charge in [0.25, 0.3) is 0 Å². The Hall–Kier alpha value is -1.53. The summed E-state index contributed by atoms with van der Waals surface area (Å²) in [5.74, 6) is -0.177. The molecule has 81 heavy (non-hydrogen) atoms. The molecule has 1 rings (SSSR count). The van der Waals surface area contributed by atoms with Crippen LogP contribution in [0.5, 0.6) is 0 Å². The second kappa shape index (κ2) is 66.0. The van der Waals surface area contributed by atoms with E-state index in [0.29, 0.717) is 191 Å². The van der Waals surface area contributed by atoms with Crippen LogP contribution in [0.4, 0.5) is 0 Å². The number of carbonyl (C=O) groups excluding carboxylic acids is 1. The van der Waals surface area contributed by atoms with Gasteiger partial charge in [0, 0.05) is 6.42 Å². The highest BCUT2D eigenvalue weighted by Gasteiger charge is 2.44. The average Bonchev–Trinajstić information content (AvgIpc) is 3.88. The van der Waals surface area contributed by atoms with E-state index in [1.54, 1.807) is 0 Å². The minimum atomic E-state index is -0.601. The fourth-order valence-electron chi connectivity index (χ4n) is 7.04. The molecule has 0 radical (unpaired) electrons. The first kappa shape index (κ1) is 77.5. The summed E-state index contributed by atoms with van der Waals surface area (Å²) in [6.07, 6.45) is 4.99. The number of rotatable bonds is 70. The van der Waals surface area contributed by atoms with Crippen LogP contribution in [-0.2, 0) is 114 Å². The Morgan fingerprint density at radius 3 is 1.19 bits per heavy atom. The second-order valence-corrected chi connectivity index (χ2v) is 17.5. The number of ether oxygens (including phenoxy) is 23. The van der Waals surface area contributed by atoms with E-state index in [-0.39, 0.29) is 92.4 Å². The highest BCUT2D eigenvalue weighted by atomic mass is 16.7. The van der Waals surface area contributed by atoms with Crippen molar-refractivity contribution in [3.8, 4) is 0 Å². The molecule has 0 aromatic heterocycles. The van der Waals surface area contributed by atoms with E-state index < -0.39 is 24.4 Å². The predicted octanol–water partition coefficient (Wildman–Crippen LogP) is 0.983. The molecule has 4 unspecified atom stereocenters. The van der Waals surface area contributed by atoms with Crippen molar-refractivity contribution in [3.63, 3.8) is 0 Å². The van der Waals surface area contributed by atoms with Crippen LogP contribution in [0.3, 0.4) is 0 Å². The monoisotopic (exact) mass is 1190 g/mol. The van der Waals surface area contributed by atoms with Gasteiger partial charge >= 0.3 is 5.97 Å². The summed E-state index contributed by atoms with van der Waals surface area (Å²) < 4.78 is 130. The number of unbranched alkanes of at least 4 members (excludes halogenated alkanes) is 5. The maximum Gasteiger partial charge on any atom is 0.305 e. The van der Waals surface area contributed by atoms with E-state index in [9.17, 15) is 4.79 Å². The van der Waals surface area contributed by atoms with Crippen LogP contribution in [0.2, 0.25) is 0 Å². The summed E-state index contributed by atoms with van der Waals surface area (Å²) >= 11 is 0. The molecule has 1 fully saturated rings. The third kappa shape index (κ3) is 54.8. The maximum atomic E-state index is 11.9. The Balaban J connectivity index is 2.59. The second-order valence-electron chi connectivity index (χ2n) is 17.5. The highest BCUT2D eigenvalue weighted by molar-refractivity contribution is 5.69. The number of hydrogen-bond acceptors (Lipinski definition) is 27. The van der Waals surface area contributed by atoms with E-state index in [4.69, 9.17) is 124 Å². The van der Waals surface area contributed by atoms with Gasteiger partial charge in [0.2, 0.25) is 0 Å². The molecule has 0 amide bonds. The normalized spacial score (nSPS) is 15.8. The van der Waals surface area contributed by atoms with Gasteiger partial charge in [-0.15, -0.1) is 0 Å². The Labute approximate surface area is 481 Å². The molecule has 484 valence electrons. The molecule has 0 aromatic carbocycles. The zero-order valence-electron chi connectivity index (χ0n) is 48.9. The number of carbonyl (C=O) groups is 1. The number of aliphatic hydroxyl groups excluding tert-OH is 3. The van der Waals surface area contributed by atoms with E-state index in [1.165, 1.54) is 19.3 Å². The molecule has 1 aliphatic rings. The Bertz CT molecular complexity index is 1220. The van der Waals surface area contributed by atoms with Gasteiger partial charge in [0.05, 0.1) is 244 Å². The van der Waals surface area contributed by atoms with Gasteiger partial charge in [-0.1, -0.05) is 39.0 Å². The predicted molar refractivity (Wildman–Crippen MR) is 289 cm³/mol. The molecule has 1 heterocycles. The first-order valence-corrected chi connectivity index (χ1v) is 29.0. The van der Waals surface area contributed by atoms with Gasteiger partial charge in [-0.05, 0) is 6.42 Å². The molecule has 0 spiro atoms. The van der Waals surface area contributed by atoms with Crippen molar-refractivity contribution >= 4 is 5.97 Å². The molecule has 1 saturated heterocycles. The topological polar surface area (TPSA) is 290 Å². The smallest absolute Gasteiger partial charge is 0.305 e. The summed E-state index contributed by atoms with van der Waals surface area (Å²) in [7, 11) is 0. The van der Waals surface area contributed by atoms with Gasteiger partial charge < -0.3 is 124 Å². The lowest BCUT2D eigenvalue weighted by Crippen LogP contribution is -2.45. The van der Waals surface area contributed by atoms with Crippen LogP contribution >= 0.6 is 0 Å². The Morgan fingerprint density at radius 2 is 0.753 bits per heavy atom. The van der Waals surface area contributed by atoms with Gasteiger partial charge in [0.1, 0.15) is 51.4 Å². The largest absolute Gasteiger partial charge is 0.463 e.